The molecule has 0 unspecified atom stereocenters. The first-order valence-electron chi connectivity index (χ1n) is 6.05. The molecule has 0 aliphatic heterocycles. The molecule has 92 valence electrons. The molecule has 0 bridgehead atoms. The first-order valence-corrected chi connectivity index (χ1v) is 6.43. The number of nitrogens with zero attached hydrogens (tertiary/aromatic N) is 2. The second-order valence-electron chi connectivity index (χ2n) is 4.11. The van der Waals surface area contributed by atoms with Crippen LogP contribution in [0.4, 0.5) is 0 Å². The molecular formula is C13H18ClN3. The molecule has 0 aliphatic carbocycles. The van der Waals surface area contributed by atoms with Crippen molar-refractivity contribution < 1.29 is 0 Å². The van der Waals surface area contributed by atoms with Gasteiger partial charge in [0.15, 0.2) is 0 Å². The number of hydrogen-bond acceptors (Lipinski definition) is 2. The molecule has 0 atom stereocenters. The van der Waals surface area contributed by atoms with Crippen LogP contribution in [-0.2, 0) is 13.0 Å². The monoisotopic (exact) mass is 251 g/mol. The number of rotatable bonds is 5. The second-order valence-corrected chi connectivity index (χ2v) is 4.55. The number of halogens is 1. The van der Waals surface area contributed by atoms with Crippen LogP contribution in [0, 0.1) is 0 Å². The van der Waals surface area contributed by atoms with Gasteiger partial charge in [0.05, 0.1) is 11.0 Å². The summed E-state index contributed by atoms with van der Waals surface area (Å²) in [5.41, 5.74) is 2.18. The van der Waals surface area contributed by atoms with Gasteiger partial charge in [-0.05, 0) is 45.1 Å². The van der Waals surface area contributed by atoms with Gasteiger partial charge in [0.1, 0.15) is 5.82 Å². The van der Waals surface area contributed by atoms with E-state index in [-0.39, 0.29) is 0 Å². The van der Waals surface area contributed by atoms with Gasteiger partial charge in [0.25, 0.3) is 0 Å². The van der Waals surface area contributed by atoms with Crippen LogP contribution < -0.4 is 5.32 Å². The van der Waals surface area contributed by atoms with Crippen LogP contribution in [0.2, 0.25) is 5.02 Å². The Bertz CT molecular complexity index is 505. The van der Waals surface area contributed by atoms with Gasteiger partial charge in [-0.1, -0.05) is 11.6 Å². The third-order valence-electron chi connectivity index (χ3n) is 2.93. The summed E-state index contributed by atoms with van der Waals surface area (Å²) in [6.45, 7) is 4.10. The van der Waals surface area contributed by atoms with E-state index in [1.807, 2.05) is 25.2 Å². The molecule has 3 nitrogen and oxygen atoms in total. The molecule has 1 aromatic heterocycles. The molecule has 4 heteroatoms. The Morgan fingerprint density at radius 2 is 2.24 bits per heavy atom. The summed E-state index contributed by atoms with van der Waals surface area (Å²) in [7, 11) is 1.97. The van der Waals surface area contributed by atoms with Gasteiger partial charge in [0, 0.05) is 18.0 Å². The summed E-state index contributed by atoms with van der Waals surface area (Å²) < 4.78 is 2.25. The van der Waals surface area contributed by atoms with Crippen molar-refractivity contribution in [3.63, 3.8) is 0 Å². The van der Waals surface area contributed by atoms with Crippen LogP contribution in [0.3, 0.4) is 0 Å². The van der Waals surface area contributed by atoms with E-state index < -0.39 is 0 Å². The van der Waals surface area contributed by atoms with Gasteiger partial charge in [-0.3, -0.25) is 0 Å². The lowest BCUT2D eigenvalue weighted by Gasteiger charge is -2.05. The van der Waals surface area contributed by atoms with E-state index in [1.165, 1.54) is 0 Å². The predicted molar refractivity (Wildman–Crippen MR) is 72.7 cm³/mol. The topological polar surface area (TPSA) is 29.9 Å². The minimum absolute atomic E-state index is 0.772. The summed E-state index contributed by atoms with van der Waals surface area (Å²) in [4.78, 5) is 4.67. The fourth-order valence-corrected chi connectivity index (χ4v) is 2.28. The minimum Gasteiger partial charge on any atom is -0.328 e. The van der Waals surface area contributed by atoms with Gasteiger partial charge >= 0.3 is 0 Å². The van der Waals surface area contributed by atoms with E-state index >= 15 is 0 Å². The molecule has 0 amide bonds. The Labute approximate surface area is 107 Å². The quantitative estimate of drug-likeness (QED) is 0.829. The average molecular weight is 252 g/mol. The molecule has 2 rings (SSSR count). The van der Waals surface area contributed by atoms with E-state index in [4.69, 9.17) is 11.6 Å². The van der Waals surface area contributed by atoms with Crippen molar-refractivity contribution in [3.05, 3.63) is 29.0 Å². The normalized spacial score (nSPS) is 11.2. The van der Waals surface area contributed by atoms with Crippen molar-refractivity contribution in [3.8, 4) is 0 Å². The Balaban J connectivity index is 2.35. The van der Waals surface area contributed by atoms with Crippen LogP contribution in [0.25, 0.3) is 11.0 Å². The highest BCUT2D eigenvalue weighted by Crippen LogP contribution is 2.21. The summed E-state index contributed by atoms with van der Waals surface area (Å²) in [5, 5.41) is 3.93. The van der Waals surface area contributed by atoms with Crippen LogP contribution in [0.1, 0.15) is 19.2 Å². The summed E-state index contributed by atoms with van der Waals surface area (Å²) in [5.74, 6) is 1.15. The molecule has 1 heterocycles. The summed E-state index contributed by atoms with van der Waals surface area (Å²) in [6.07, 6.45) is 2.11. The van der Waals surface area contributed by atoms with Crippen LogP contribution in [-0.4, -0.2) is 23.1 Å². The van der Waals surface area contributed by atoms with Crippen LogP contribution in [0.5, 0.6) is 0 Å². The molecule has 0 fully saturated rings. The van der Waals surface area contributed by atoms with E-state index in [1.54, 1.807) is 0 Å². The Morgan fingerprint density at radius 1 is 1.41 bits per heavy atom. The smallest absolute Gasteiger partial charge is 0.109 e. The third kappa shape index (κ3) is 2.61. The van der Waals surface area contributed by atoms with Crippen LogP contribution >= 0.6 is 11.6 Å². The van der Waals surface area contributed by atoms with Crippen molar-refractivity contribution in [2.45, 2.75) is 26.3 Å². The van der Waals surface area contributed by atoms with Crippen molar-refractivity contribution in [2.75, 3.05) is 13.6 Å². The molecule has 0 saturated carbocycles. The highest BCUT2D eigenvalue weighted by molar-refractivity contribution is 6.31. The molecule has 0 radical (unpaired) electrons. The molecule has 1 N–H and O–H groups in total. The lowest BCUT2D eigenvalue weighted by molar-refractivity contribution is 0.657. The first kappa shape index (κ1) is 12.4. The fraction of sp³-hybridized carbons (Fsp3) is 0.462. The van der Waals surface area contributed by atoms with Gasteiger partial charge in [-0.15, -0.1) is 0 Å². The van der Waals surface area contributed by atoms with E-state index in [2.05, 4.69) is 21.8 Å². The molecule has 2 aromatic rings. The zero-order valence-electron chi connectivity index (χ0n) is 10.3. The Kier molecular flexibility index (Phi) is 4.02. The SMILES string of the molecule is CCn1c(CCCNC)nc2ccc(Cl)cc21. The second kappa shape index (κ2) is 5.52. The lowest BCUT2D eigenvalue weighted by Crippen LogP contribution is -2.10. The maximum atomic E-state index is 6.03. The van der Waals surface area contributed by atoms with Gasteiger partial charge in [-0.25, -0.2) is 4.98 Å². The maximum absolute atomic E-state index is 6.03. The van der Waals surface area contributed by atoms with Crippen molar-refractivity contribution >= 4 is 22.6 Å². The largest absolute Gasteiger partial charge is 0.328 e. The number of hydrogen-bond donors (Lipinski definition) is 1. The van der Waals surface area contributed by atoms with Gasteiger partial charge in [0.2, 0.25) is 0 Å². The molecule has 1 aromatic carbocycles. The summed E-state index contributed by atoms with van der Waals surface area (Å²) >= 11 is 6.03. The zero-order valence-corrected chi connectivity index (χ0v) is 11.1. The van der Waals surface area contributed by atoms with Crippen molar-refractivity contribution in [2.24, 2.45) is 0 Å². The molecule has 17 heavy (non-hydrogen) atoms. The highest BCUT2D eigenvalue weighted by Gasteiger charge is 2.09. The van der Waals surface area contributed by atoms with Crippen molar-refractivity contribution in [1.82, 2.24) is 14.9 Å². The number of aryl methyl sites for hydroxylation is 2. The Hall–Kier alpha value is -1.06. The van der Waals surface area contributed by atoms with Gasteiger partial charge < -0.3 is 9.88 Å². The Morgan fingerprint density at radius 3 is 2.94 bits per heavy atom. The molecule has 0 spiro atoms. The predicted octanol–water partition coefficient (Wildman–Crippen LogP) is 2.86. The van der Waals surface area contributed by atoms with Gasteiger partial charge in [-0.2, -0.15) is 0 Å². The van der Waals surface area contributed by atoms with E-state index in [0.717, 1.165) is 47.8 Å². The van der Waals surface area contributed by atoms with E-state index in [9.17, 15) is 0 Å². The highest BCUT2D eigenvalue weighted by atomic mass is 35.5. The number of imidazole rings is 1. The average Bonchev–Trinajstić information content (AvgIpc) is 2.66. The molecule has 0 aliphatic rings. The number of benzene rings is 1. The molecule has 0 saturated heterocycles. The minimum atomic E-state index is 0.772. The first-order chi connectivity index (χ1) is 8.26. The van der Waals surface area contributed by atoms with E-state index in [0.29, 0.717) is 0 Å². The number of nitrogens with one attached hydrogen (secondary N) is 1. The van der Waals surface area contributed by atoms with Crippen molar-refractivity contribution in [1.29, 1.82) is 0 Å². The number of aromatic nitrogens is 2. The van der Waals surface area contributed by atoms with Crippen LogP contribution in [0.15, 0.2) is 18.2 Å². The maximum Gasteiger partial charge on any atom is 0.109 e. The molecular weight excluding hydrogens is 234 g/mol. The zero-order chi connectivity index (χ0) is 12.3. The summed E-state index contributed by atoms with van der Waals surface area (Å²) in [6, 6.07) is 5.88. The third-order valence-corrected chi connectivity index (χ3v) is 3.17. The number of fused-ring (bicyclic) bond motifs is 1. The standard InChI is InChI=1S/C13H18ClN3/c1-3-17-12-9-10(14)6-7-11(12)16-13(17)5-4-8-15-2/h6-7,9,15H,3-5,8H2,1-2H3. The fourth-order valence-electron chi connectivity index (χ4n) is 2.11. The lowest BCUT2D eigenvalue weighted by atomic mass is 10.3.